The Hall–Kier alpha value is -1.35. The maximum Gasteiger partial charge on any atom is 0.318 e. The molecule has 12 heavy (non-hydrogen) atoms. The maximum absolute atomic E-state index is 11.0. The lowest BCUT2D eigenvalue weighted by atomic mass is 10.1. The molecule has 2 rings (SSSR count). The normalized spacial score (nSPS) is 14.4. The van der Waals surface area contributed by atoms with Gasteiger partial charge in [0.15, 0.2) is 0 Å². The molecular weight excluding hydrogens is 178 g/mol. The molecule has 1 aliphatic rings. The molecule has 1 aromatic rings. The number of halogens is 1. The van der Waals surface area contributed by atoms with Crippen molar-refractivity contribution in [2.45, 2.75) is 0 Å². The molecular formula is C8H3ClNO2. The minimum Gasteiger partial charge on any atom is -0.283 e. The molecule has 4 heteroatoms. The van der Waals surface area contributed by atoms with E-state index in [0.29, 0.717) is 16.3 Å². The number of benzene rings is 1. The van der Waals surface area contributed by atoms with Crippen molar-refractivity contribution in [3.63, 3.8) is 0 Å². The number of ketones is 1. The van der Waals surface area contributed by atoms with E-state index in [1.165, 1.54) is 6.07 Å². The second-order valence-electron chi connectivity index (χ2n) is 2.41. The molecule has 0 fully saturated rings. The first-order valence-corrected chi connectivity index (χ1v) is 3.66. The van der Waals surface area contributed by atoms with Gasteiger partial charge in [-0.15, -0.1) is 0 Å². The Bertz CT molecular complexity index is 387. The largest absolute Gasteiger partial charge is 0.318 e. The van der Waals surface area contributed by atoms with Crippen LogP contribution in [0.3, 0.4) is 0 Å². The van der Waals surface area contributed by atoms with Gasteiger partial charge in [0.05, 0.1) is 11.3 Å². The van der Waals surface area contributed by atoms with Gasteiger partial charge in [-0.3, -0.25) is 9.59 Å². The summed E-state index contributed by atoms with van der Waals surface area (Å²) >= 11 is 5.63. The first-order valence-electron chi connectivity index (χ1n) is 3.28. The molecule has 0 saturated heterocycles. The van der Waals surface area contributed by atoms with Crippen molar-refractivity contribution in [2.24, 2.45) is 0 Å². The van der Waals surface area contributed by atoms with Gasteiger partial charge in [-0.25, -0.2) is 5.32 Å². The van der Waals surface area contributed by atoms with E-state index < -0.39 is 11.7 Å². The first kappa shape index (κ1) is 7.31. The molecule has 1 heterocycles. The van der Waals surface area contributed by atoms with Crippen LogP contribution in [0.2, 0.25) is 5.02 Å². The predicted molar refractivity (Wildman–Crippen MR) is 42.6 cm³/mol. The number of amides is 1. The van der Waals surface area contributed by atoms with E-state index in [4.69, 9.17) is 11.6 Å². The molecule has 0 bridgehead atoms. The van der Waals surface area contributed by atoms with Gasteiger partial charge in [0.1, 0.15) is 0 Å². The van der Waals surface area contributed by atoms with Crippen LogP contribution in [0, 0.1) is 0 Å². The predicted octanol–water partition coefficient (Wildman–Crippen LogP) is 1.30. The smallest absolute Gasteiger partial charge is 0.283 e. The number of nitrogens with zero attached hydrogens (tertiary/aromatic N) is 1. The molecule has 1 radical (unpaired) electrons. The Morgan fingerprint density at radius 2 is 2.00 bits per heavy atom. The van der Waals surface area contributed by atoms with Gasteiger partial charge in [0.25, 0.3) is 5.78 Å². The highest BCUT2D eigenvalue weighted by atomic mass is 35.5. The second-order valence-corrected chi connectivity index (χ2v) is 2.84. The fourth-order valence-electron chi connectivity index (χ4n) is 1.06. The SMILES string of the molecule is O=C1[N]c2ccc(Cl)cc2C1=O. The Labute approximate surface area is 73.3 Å². The summed E-state index contributed by atoms with van der Waals surface area (Å²) in [6.45, 7) is 0. The first-order chi connectivity index (χ1) is 5.68. The third kappa shape index (κ3) is 0.905. The maximum atomic E-state index is 11.0. The van der Waals surface area contributed by atoms with Crippen molar-refractivity contribution < 1.29 is 9.59 Å². The third-order valence-electron chi connectivity index (χ3n) is 1.62. The van der Waals surface area contributed by atoms with Crippen molar-refractivity contribution in [1.82, 2.24) is 5.32 Å². The average molecular weight is 181 g/mol. The number of hydrogen-bond donors (Lipinski definition) is 0. The number of hydrogen-bond acceptors (Lipinski definition) is 2. The average Bonchev–Trinajstić information content (AvgIpc) is 2.31. The lowest BCUT2D eigenvalue weighted by Gasteiger charge is -1.93. The van der Waals surface area contributed by atoms with Crippen LogP contribution in [0.25, 0.3) is 0 Å². The Kier molecular flexibility index (Phi) is 1.41. The van der Waals surface area contributed by atoms with Crippen LogP contribution in [0.5, 0.6) is 0 Å². The molecule has 0 N–H and O–H groups in total. The van der Waals surface area contributed by atoms with Crippen molar-refractivity contribution >= 4 is 29.0 Å². The fraction of sp³-hybridized carbons (Fsp3) is 0. The number of Topliss-reactive ketones (excluding diaryl/α,β-unsaturated/α-hetero) is 1. The zero-order valence-corrected chi connectivity index (χ0v) is 6.63. The fourth-order valence-corrected chi connectivity index (χ4v) is 1.24. The number of fused-ring (bicyclic) bond motifs is 1. The minimum atomic E-state index is -0.715. The van der Waals surface area contributed by atoms with E-state index in [1.54, 1.807) is 12.1 Å². The monoisotopic (exact) mass is 180 g/mol. The van der Waals surface area contributed by atoms with E-state index in [0.717, 1.165) is 0 Å². The summed E-state index contributed by atoms with van der Waals surface area (Å²) < 4.78 is 0. The van der Waals surface area contributed by atoms with Crippen LogP contribution in [0.4, 0.5) is 5.69 Å². The zero-order valence-electron chi connectivity index (χ0n) is 5.87. The van der Waals surface area contributed by atoms with E-state index in [9.17, 15) is 9.59 Å². The number of rotatable bonds is 0. The van der Waals surface area contributed by atoms with E-state index >= 15 is 0 Å². The molecule has 0 spiro atoms. The highest BCUT2D eigenvalue weighted by Gasteiger charge is 2.29. The molecule has 1 aliphatic heterocycles. The summed E-state index contributed by atoms with van der Waals surface area (Å²) in [5, 5.41) is 3.96. The summed E-state index contributed by atoms with van der Waals surface area (Å²) in [6.07, 6.45) is 0. The molecule has 59 valence electrons. The van der Waals surface area contributed by atoms with Crippen molar-refractivity contribution in [2.75, 3.05) is 0 Å². The van der Waals surface area contributed by atoms with Crippen LogP contribution in [0.1, 0.15) is 10.4 Å². The van der Waals surface area contributed by atoms with Crippen LogP contribution < -0.4 is 5.32 Å². The van der Waals surface area contributed by atoms with Crippen molar-refractivity contribution in [3.8, 4) is 0 Å². The molecule has 0 saturated carbocycles. The van der Waals surface area contributed by atoms with Gasteiger partial charge >= 0.3 is 5.91 Å². The van der Waals surface area contributed by atoms with Gasteiger partial charge in [-0.2, -0.15) is 0 Å². The summed E-state index contributed by atoms with van der Waals surface area (Å²) in [4.78, 5) is 21.8. The lowest BCUT2D eigenvalue weighted by molar-refractivity contribution is -0.115. The highest BCUT2D eigenvalue weighted by Crippen LogP contribution is 2.25. The second kappa shape index (κ2) is 2.32. The third-order valence-corrected chi connectivity index (χ3v) is 1.85. The van der Waals surface area contributed by atoms with Gasteiger partial charge < -0.3 is 0 Å². The summed E-state index contributed by atoms with van der Waals surface area (Å²) in [5.74, 6) is -1.29. The Morgan fingerprint density at radius 3 is 2.75 bits per heavy atom. The standard InChI is InChI=1S/C8H3ClNO2/c9-4-1-2-6-5(3-4)7(11)8(12)10-6/h1-3H. The molecule has 1 aromatic carbocycles. The topological polar surface area (TPSA) is 48.2 Å². The molecule has 1 amide bonds. The van der Waals surface area contributed by atoms with Crippen LogP contribution >= 0.6 is 11.6 Å². The van der Waals surface area contributed by atoms with Crippen LogP contribution in [0.15, 0.2) is 18.2 Å². The zero-order chi connectivity index (χ0) is 8.72. The minimum absolute atomic E-state index is 0.299. The quantitative estimate of drug-likeness (QED) is 0.565. The molecule has 0 aromatic heterocycles. The van der Waals surface area contributed by atoms with Crippen molar-refractivity contribution in [1.29, 1.82) is 0 Å². The van der Waals surface area contributed by atoms with Crippen molar-refractivity contribution in [3.05, 3.63) is 28.8 Å². The van der Waals surface area contributed by atoms with Gasteiger partial charge in [-0.1, -0.05) is 11.6 Å². The van der Waals surface area contributed by atoms with E-state index in [1.807, 2.05) is 0 Å². The Morgan fingerprint density at radius 1 is 1.25 bits per heavy atom. The van der Waals surface area contributed by atoms with Crippen LogP contribution in [-0.2, 0) is 4.79 Å². The molecule has 3 nitrogen and oxygen atoms in total. The number of carbonyl (C=O) groups excluding carboxylic acids is 2. The molecule has 0 atom stereocenters. The molecule has 0 unspecified atom stereocenters. The van der Waals surface area contributed by atoms with E-state index in [2.05, 4.69) is 5.32 Å². The van der Waals surface area contributed by atoms with E-state index in [-0.39, 0.29) is 0 Å². The van der Waals surface area contributed by atoms with Gasteiger partial charge in [0, 0.05) is 5.02 Å². The van der Waals surface area contributed by atoms with Crippen LogP contribution in [-0.4, -0.2) is 11.7 Å². The summed E-state index contributed by atoms with van der Waals surface area (Å²) in [7, 11) is 0. The molecule has 0 aliphatic carbocycles. The van der Waals surface area contributed by atoms with Gasteiger partial charge in [-0.05, 0) is 18.2 Å². The number of carbonyl (C=O) groups is 2. The highest BCUT2D eigenvalue weighted by molar-refractivity contribution is 6.48. The van der Waals surface area contributed by atoms with Gasteiger partial charge in [0.2, 0.25) is 0 Å². The summed E-state index contributed by atoms with van der Waals surface area (Å²) in [5.41, 5.74) is 0.710. The summed E-state index contributed by atoms with van der Waals surface area (Å²) in [6, 6.07) is 4.60. The Balaban J connectivity index is 2.63. The lowest BCUT2D eigenvalue weighted by Crippen LogP contribution is -2.11.